The summed E-state index contributed by atoms with van der Waals surface area (Å²) >= 11 is 5.76. The van der Waals surface area contributed by atoms with Crippen molar-refractivity contribution in [3.05, 3.63) is 98.7 Å². The Labute approximate surface area is 267 Å². The van der Waals surface area contributed by atoms with Crippen LogP contribution in [0.3, 0.4) is 0 Å². The monoisotopic (exact) mass is 695 g/mol. The Balaban J connectivity index is 1.48. The molecule has 10 nitrogen and oxygen atoms in total. The number of benzene rings is 2. The van der Waals surface area contributed by atoms with Gasteiger partial charge in [0.05, 0.1) is 28.9 Å². The van der Waals surface area contributed by atoms with Gasteiger partial charge in [0.2, 0.25) is 5.13 Å². The molecule has 3 aromatic heterocycles. The molecule has 224 valence electrons. The summed E-state index contributed by atoms with van der Waals surface area (Å²) in [7, 11) is 1.37. The second-order valence-corrected chi connectivity index (χ2v) is 13.0. The van der Waals surface area contributed by atoms with Crippen molar-refractivity contribution in [2.24, 2.45) is 0 Å². The number of amides is 1. The lowest BCUT2D eigenvalue weighted by Crippen LogP contribution is -2.29. The van der Waals surface area contributed by atoms with Crippen LogP contribution in [-0.4, -0.2) is 48.6 Å². The quantitative estimate of drug-likeness (QED) is 0.0659. The van der Waals surface area contributed by atoms with Gasteiger partial charge in [-0.2, -0.15) is 0 Å². The number of hydrogen-bond donors (Lipinski definition) is 2. The number of ketones is 1. The zero-order valence-corrected chi connectivity index (χ0v) is 26.6. The van der Waals surface area contributed by atoms with Gasteiger partial charge < -0.3 is 19.4 Å². The molecule has 1 atom stereocenters. The molecule has 0 saturated carbocycles. The highest BCUT2D eigenvalue weighted by Gasteiger charge is 2.49. The first-order chi connectivity index (χ1) is 21.1. The Hall–Kier alpha value is -4.27. The molecule has 0 spiro atoms. The predicted molar refractivity (Wildman–Crippen MR) is 168 cm³/mol. The number of carbonyl (C=O) groups excluding carboxylic acids is 2. The number of methoxy groups -OCH3 is 1. The summed E-state index contributed by atoms with van der Waals surface area (Å²) in [6.07, 6.45) is 1.80. The summed E-state index contributed by atoms with van der Waals surface area (Å²) in [6, 6.07) is 11.7. The van der Waals surface area contributed by atoms with Crippen molar-refractivity contribution in [1.82, 2.24) is 19.6 Å². The second kappa shape index (κ2) is 11.7. The predicted octanol–water partition coefficient (Wildman–Crippen LogP) is 6.34. The van der Waals surface area contributed by atoms with E-state index in [4.69, 9.17) is 4.74 Å². The van der Waals surface area contributed by atoms with Crippen LogP contribution in [0.15, 0.2) is 69.1 Å². The topological polar surface area (TPSA) is 130 Å². The number of aliphatic hydroxyl groups is 1. The van der Waals surface area contributed by atoms with Gasteiger partial charge in [0, 0.05) is 11.9 Å². The van der Waals surface area contributed by atoms with Crippen LogP contribution in [0.1, 0.15) is 34.1 Å². The molecular formula is C30H23BrFN5O5S2. The Morgan fingerprint density at radius 1 is 1.16 bits per heavy atom. The third kappa shape index (κ3) is 5.12. The number of anilines is 1. The molecule has 1 amide bonds. The molecule has 0 radical (unpaired) electrons. The van der Waals surface area contributed by atoms with Crippen molar-refractivity contribution in [3.63, 3.8) is 0 Å². The molecule has 2 N–H and O–H groups in total. The van der Waals surface area contributed by atoms with E-state index in [1.165, 1.54) is 42.0 Å². The van der Waals surface area contributed by atoms with Gasteiger partial charge in [-0.25, -0.2) is 9.37 Å². The van der Waals surface area contributed by atoms with Crippen molar-refractivity contribution in [2.75, 3.05) is 12.0 Å². The minimum Gasteiger partial charge on any atom is -0.505 e. The Bertz CT molecular complexity index is 1990. The summed E-state index contributed by atoms with van der Waals surface area (Å²) in [5, 5.41) is 30.8. The first-order valence-electron chi connectivity index (χ1n) is 13.1. The number of rotatable bonds is 7. The Morgan fingerprint density at radius 3 is 2.61 bits per heavy atom. The molecule has 1 saturated heterocycles. The Morgan fingerprint density at radius 2 is 1.91 bits per heavy atom. The number of halogens is 2. The summed E-state index contributed by atoms with van der Waals surface area (Å²) in [5.74, 6) is -2.23. The highest BCUT2D eigenvalue weighted by atomic mass is 79.9. The third-order valence-corrected chi connectivity index (χ3v) is 9.95. The van der Waals surface area contributed by atoms with Crippen LogP contribution in [0.4, 0.5) is 9.52 Å². The number of aromatic nitrogens is 4. The molecule has 6 rings (SSSR count). The average molecular weight is 697 g/mol. The van der Waals surface area contributed by atoms with Crippen LogP contribution >= 0.6 is 39.0 Å². The highest BCUT2D eigenvalue weighted by molar-refractivity contribution is 9.10. The number of aromatic hydroxyl groups is 1. The van der Waals surface area contributed by atoms with Gasteiger partial charge in [-0.05, 0) is 76.8 Å². The fourth-order valence-electron chi connectivity index (χ4n) is 5.01. The SMILES string of the molecule is COc1cc(C2/C(=C(\O)c3nc4c(C)cccn4c3C)C(=O)C(=O)N2c2nnc(SCc3ccc(F)cc3)s2)cc(Br)c1O. The van der Waals surface area contributed by atoms with E-state index in [1.807, 2.05) is 19.1 Å². The van der Waals surface area contributed by atoms with Crippen molar-refractivity contribution < 1.29 is 28.9 Å². The maximum absolute atomic E-state index is 13.7. The van der Waals surface area contributed by atoms with Gasteiger partial charge in [-0.1, -0.05) is 41.3 Å². The molecule has 1 aliphatic rings. The van der Waals surface area contributed by atoms with Gasteiger partial charge >= 0.3 is 5.91 Å². The van der Waals surface area contributed by atoms with Gasteiger partial charge in [0.1, 0.15) is 17.2 Å². The first kappa shape index (κ1) is 29.8. The summed E-state index contributed by atoms with van der Waals surface area (Å²) < 4.78 is 21.2. The van der Waals surface area contributed by atoms with Crippen molar-refractivity contribution in [3.8, 4) is 11.5 Å². The maximum atomic E-state index is 13.7. The lowest BCUT2D eigenvalue weighted by Gasteiger charge is -2.23. The molecule has 1 aliphatic heterocycles. The van der Waals surface area contributed by atoms with E-state index in [2.05, 4.69) is 31.1 Å². The Kier molecular flexibility index (Phi) is 7.90. The van der Waals surface area contributed by atoms with E-state index in [-0.39, 0.29) is 38.2 Å². The molecule has 0 bridgehead atoms. The number of hydrogen-bond acceptors (Lipinski definition) is 10. The maximum Gasteiger partial charge on any atom is 0.301 e. The molecule has 5 aromatic rings. The van der Waals surface area contributed by atoms with Crippen LogP contribution in [0, 0.1) is 19.7 Å². The van der Waals surface area contributed by atoms with Crippen LogP contribution in [0.5, 0.6) is 11.5 Å². The number of thioether (sulfide) groups is 1. The van der Waals surface area contributed by atoms with Gasteiger partial charge in [0.25, 0.3) is 5.78 Å². The van der Waals surface area contributed by atoms with Crippen LogP contribution in [0.2, 0.25) is 0 Å². The van der Waals surface area contributed by atoms with Gasteiger partial charge in [-0.15, -0.1) is 10.2 Å². The average Bonchev–Trinajstić information content (AvgIpc) is 3.69. The number of Topliss-reactive ketones (excluding diaryl/α,β-unsaturated/α-hetero) is 1. The smallest absolute Gasteiger partial charge is 0.301 e. The molecule has 0 aliphatic carbocycles. The standard InChI is InChI=1S/C30H23BrFN5O5S2/c1-14-5-4-10-36-15(2)22(33-27(14)36)25(39)21-23(17-11-19(31)24(38)20(12-17)42-3)37(28(41)26(21)40)29-34-35-30(44-29)43-13-16-6-8-18(32)9-7-16/h4-12,23,38-39H,13H2,1-3H3/b25-21+. The van der Waals surface area contributed by atoms with E-state index in [9.17, 15) is 24.2 Å². The van der Waals surface area contributed by atoms with E-state index in [0.717, 1.165) is 22.5 Å². The summed E-state index contributed by atoms with van der Waals surface area (Å²) in [4.78, 5) is 33.2. The number of aliphatic hydroxyl groups excluding tert-OH is 1. The van der Waals surface area contributed by atoms with Crippen molar-refractivity contribution >= 4 is 67.3 Å². The number of nitrogens with zero attached hydrogens (tertiary/aromatic N) is 5. The molecule has 1 unspecified atom stereocenters. The number of phenols is 1. The minimum absolute atomic E-state index is 0.0901. The highest BCUT2D eigenvalue weighted by Crippen LogP contribution is 2.47. The molecular weight excluding hydrogens is 673 g/mol. The largest absolute Gasteiger partial charge is 0.505 e. The molecule has 14 heteroatoms. The van der Waals surface area contributed by atoms with E-state index in [0.29, 0.717) is 27.0 Å². The van der Waals surface area contributed by atoms with Gasteiger partial charge in [0.15, 0.2) is 21.6 Å². The zero-order chi connectivity index (χ0) is 31.3. The number of aryl methyl sites for hydroxylation is 2. The molecule has 4 heterocycles. The number of imidazole rings is 1. The second-order valence-electron chi connectivity index (χ2n) is 9.92. The normalized spacial score (nSPS) is 16.3. The van der Waals surface area contributed by atoms with Crippen LogP contribution < -0.4 is 9.64 Å². The lowest BCUT2D eigenvalue weighted by atomic mass is 9.96. The number of phenolic OH excluding ortho intramolecular Hbond substituents is 1. The molecule has 44 heavy (non-hydrogen) atoms. The molecule has 2 aromatic carbocycles. The van der Waals surface area contributed by atoms with Gasteiger partial charge in [-0.3, -0.25) is 14.5 Å². The summed E-state index contributed by atoms with van der Waals surface area (Å²) in [5.41, 5.74) is 3.21. The van der Waals surface area contributed by atoms with Crippen LogP contribution in [-0.2, 0) is 15.3 Å². The van der Waals surface area contributed by atoms with E-state index < -0.39 is 23.5 Å². The van der Waals surface area contributed by atoms with Crippen molar-refractivity contribution in [2.45, 2.75) is 30.0 Å². The van der Waals surface area contributed by atoms with E-state index in [1.54, 1.807) is 35.7 Å². The summed E-state index contributed by atoms with van der Waals surface area (Å²) in [6.45, 7) is 3.64. The first-order valence-corrected chi connectivity index (χ1v) is 15.7. The fraction of sp³-hybridized carbons (Fsp3) is 0.167. The minimum atomic E-state index is -1.16. The number of fused-ring (bicyclic) bond motifs is 1. The zero-order valence-electron chi connectivity index (χ0n) is 23.4. The number of pyridine rings is 1. The van der Waals surface area contributed by atoms with E-state index >= 15 is 0 Å². The molecule has 1 fully saturated rings. The van der Waals surface area contributed by atoms with Crippen LogP contribution in [0.25, 0.3) is 11.4 Å². The fourth-order valence-corrected chi connectivity index (χ4v) is 7.29. The van der Waals surface area contributed by atoms with Crippen molar-refractivity contribution in [1.29, 1.82) is 0 Å². The number of ether oxygens (including phenoxy) is 1. The number of carbonyl (C=O) groups is 2. The lowest BCUT2D eigenvalue weighted by molar-refractivity contribution is -0.132. The third-order valence-electron chi connectivity index (χ3n) is 7.22.